The molecule has 0 aliphatic rings. The van der Waals surface area contributed by atoms with E-state index < -0.39 is 0 Å². The molecular weight excluding hydrogens is 431 g/mol. The number of H-pyrrole nitrogens is 1. The van der Waals surface area contributed by atoms with Crippen LogP contribution >= 0.6 is 11.3 Å². The maximum absolute atomic E-state index is 14.5. The van der Waals surface area contributed by atoms with Crippen molar-refractivity contribution in [2.24, 2.45) is 0 Å². The van der Waals surface area contributed by atoms with E-state index in [0.717, 1.165) is 26.5 Å². The molecule has 5 aromatic rings. The molecule has 5 rings (SSSR count). The molecular formula is C21H19FN8OS. The average molecular weight is 451 g/mol. The molecule has 32 heavy (non-hydrogen) atoms. The second-order valence-corrected chi connectivity index (χ2v) is 8.16. The predicted molar refractivity (Wildman–Crippen MR) is 120 cm³/mol. The number of hydrogen-bond donors (Lipinski definition) is 2. The first kappa shape index (κ1) is 20.1. The summed E-state index contributed by atoms with van der Waals surface area (Å²) in [5, 5.41) is 18.0. The summed E-state index contributed by atoms with van der Waals surface area (Å²) in [5.41, 5.74) is 2.30. The SMILES string of the molecule is COc1ccc(F)c2c1cc(C)n2CCNc1cc(-c2ccc(-c3nnn[nH]3)s2)ncn1. The zero-order valence-corrected chi connectivity index (χ0v) is 18.1. The summed E-state index contributed by atoms with van der Waals surface area (Å²) in [4.78, 5) is 10.6. The first-order chi connectivity index (χ1) is 15.6. The molecule has 0 aliphatic carbocycles. The molecule has 162 valence electrons. The number of rotatable bonds is 7. The third kappa shape index (κ3) is 3.66. The Bertz CT molecular complexity index is 1380. The minimum absolute atomic E-state index is 0.270. The Labute approximate surface area is 186 Å². The third-order valence-corrected chi connectivity index (χ3v) is 6.26. The van der Waals surface area contributed by atoms with E-state index in [1.54, 1.807) is 13.2 Å². The normalized spacial score (nSPS) is 11.2. The first-order valence-electron chi connectivity index (χ1n) is 9.86. The number of aromatic amines is 1. The maximum atomic E-state index is 14.5. The molecule has 4 heterocycles. The van der Waals surface area contributed by atoms with Crippen LogP contribution in [0, 0.1) is 12.7 Å². The highest BCUT2D eigenvalue weighted by Gasteiger charge is 2.14. The molecule has 0 spiro atoms. The number of thiophene rings is 1. The van der Waals surface area contributed by atoms with Gasteiger partial charge in [-0.25, -0.2) is 19.5 Å². The number of fused-ring (bicyclic) bond motifs is 1. The number of hydrogen-bond acceptors (Lipinski definition) is 8. The summed E-state index contributed by atoms with van der Waals surface area (Å²) >= 11 is 1.53. The van der Waals surface area contributed by atoms with Crippen LogP contribution in [0.25, 0.3) is 32.2 Å². The van der Waals surface area contributed by atoms with E-state index in [0.29, 0.717) is 36.0 Å². The van der Waals surface area contributed by atoms with Gasteiger partial charge in [0.05, 0.1) is 28.1 Å². The van der Waals surface area contributed by atoms with Crippen molar-refractivity contribution in [2.45, 2.75) is 13.5 Å². The summed E-state index contributed by atoms with van der Waals surface area (Å²) in [5.74, 6) is 1.70. The number of tetrazole rings is 1. The Kier molecular flexibility index (Phi) is 5.23. The number of ether oxygens (including phenoxy) is 1. The predicted octanol–water partition coefficient (Wildman–Crippen LogP) is 3.91. The molecule has 0 fully saturated rings. The molecule has 4 aromatic heterocycles. The molecule has 0 bridgehead atoms. The van der Waals surface area contributed by atoms with Crippen molar-refractivity contribution in [3.05, 3.63) is 54.2 Å². The van der Waals surface area contributed by atoms with Gasteiger partial charge in [0.2, 0.25) is 0 Å². The highest BCUT2D eigenvalue weighted by atomic mass is 32.1. The molecule has 9 nitrogen and oxygen atoms in total. The molecule has 0 atom stereocenters. The van der Waals surface area contributed by atoms with E-state index in [4.69, 9.17) is 4.74 Å². The Balaban J connectivity index is 1.32. The highest BCUT2D eigenvalue weighted by molar-refractivity contribution is 7.18. The number of methoxy groups -OCH3 is 1. The van der Waals surface area contributed by atoms with Crippen LogP contribution < -0.4 is 10.1 Å². The summed E-state index contributed by atoms with van der Waals surface area (Å²) < 4.78 is 21.9. The second-order valence-electron chi connectivity index (χ2n) is 7.08. The van der Waals surface area contributed by atoms with Crippen molar-refractivity contribution in [3.63, 3.8) is 0 Å². The fourth-order valence-electron chi connectivity index (χ4n) is 3.66. The largest absolute Gasteiger partial charge is 0.496 e. The summed E-state index contributed by atoms with van der Waals surface area (Å²) in [6, 6.07) is 10.8. The van der Waals surface area contributed by atoms with Crippen molar-refractivity contribution in [1.82, 2.24) is 35.2 Å². The average Bonchev–Trinajstić information content (AvgIpc) is 3.55. The Morgan fingerprint density at radius 2 is 2.03 bits per heavy atom. The van der Waals surface area contributed by atoms with E-state index in [-0.39, 0.29) is 5.82 Å². The van der Waals surface area contributed by atoms with Gasteiger partial charge in [0.15, 0.2) is 5.82 Å². The summed E-state index contributed by atoms with van der Waals surface area (Å²) in [6.45, 7) is 3.09. The van der Waals surface area contributed by atoms with Gasteiger partial charge in [0.1, 0.15) is 23.7 Å². The molecule has 0 amide bonds. The van der Waals surface area contributed by atoms with Gasteiger partial charge in [0.25, 0.3) is 0 Å². The van der Waals surface area contributed by atoms with Gasteiger partial charge in [-0.1, -0.05) is 0 Å². The monoisotopic (exact) mass is 450 g/mol. The maximum Gasteiger partial charge on any atom is 0.189 e. The molecule has 11 heteroatoms. The van der Waals surface area contributed by atoms with Crippen LogP contribution in [-0.2, 0) is 6.54 Å². The summed E-state index contributed by atoms with van der Waals surface area (Å²) in [6.07, 6.45) is 1.52. The molecule has 0 radical (unpaired) electrons. The number of anilines is 1. The number of nitrogens with one attached hydrogen (secondary N) is 2. The van der Waals surface area contributed by atoms with Crippen molar-refractivity contribution in [1.29, 1.82) is 0 Å². The van der Waals surface area contributed by atoms with E-state index >= 15 is 0 Å². The van der Waals surface area contributed by atoms with Gasteiger partial charge in [0, 0.05) is 30.2 Å². The van der Waals surface area contributed by atoms with Gasteiger partial charge in [-0.05, 0) is 47.7 Å². The van der Waals surface area contributed by atoms with Crippen LogP contribution in [0.3, 0.4) is 0 Å². The highest BCUT2D eigenvalue weighted by Crippen LogP contribution is 2.32. The van der Waals surface area contributed by atoms with E-state index in [1.807, 2.05) is 35.8 Å². The van der Waals surface area contributed by atoms with Crippen molar-refractivity contribution in [2.75, 3.05) is 19.0 Å². The fraction of sp³-hybridized carbons (Fsp3) is 0.190. The lowest BCUT2D eigenvalue weighted by Crippen LogP contribution is -2.12. The van der Waals surface area contributed by atoms with E-state index in [9.17, 15) is 4.39 Å². The Morgan fingerprint density at radius 1 is 1.16 bits per heavy atom. The van der Waals surface area contributed by atoms with Gasteiger partial charge in [-0.2, -0.15) is 0 Å². The van der Waals surface area contributed by atoms with Crippen molar-refractivity contribution >= 4 is 28.1 Å². The zero-order valence-electron chi connectivity index (χ0n) is 17.3. The lowest BCUT2D eigenvalue weighted by molar-refractivity contribution is 0.419. The standard InChI is InChI=1S/C21H19FN8OS/c1-12-9-13-16(31-2)4-3-14(22)20(13)30(12)8-7-23-19-10-15(24-11-25-19)17-5-6-18(32-17)21-26-28-29-27-21/h3-6,9-11H,7-8H2,1-2H3,(H,23,24,25)(H,26,27,28,29). The minimum atomic E-state index is -0.270. The van der Waals surface area contributed by atoms with E-state index in [1.165, 1.54) is 23.7 Å². The van der Waals surface area contributed by atoms with Crippen LogP contribution in [0.4, 0.5) is 10.2 Å². The fourth-order valence-corrected chi connectivity index (χ4v) is 4.57. The first-order valence-corrected chi connectivity index (χ1v) is 10.7. The smallest absolute Gasteiger partial charge is 0.189 e. The van der Waals surface area contributed by atoms with Crippen molar-refractivity contribution < 1.29 is 9.13 Å². The number of aryl methyl sites for hydroxylation is 1. The van der Waals surface area contributed by atoms with Crippen LogP contribution in [0.5, 0.6) is 5.75 Å². The molecule has 1 aromatic carbocycles. The molecule has 0 saturated carbocycles. The van der Waals surface area contributed by atoms with E-state index in [2.05, 4.69) is 35.9 Å². The van der Waals surface area contributed by atoms with Crippen LogP contribution in [0.2, 0.25) is 0 Å². The molecule has 2 N–H and O–H groups in total. The van der Waals surface area contributed by atoms with Gasteiger partial charge in [-0.15, -0.1) is 16.4 Å². The van der Waals surface area contributed by atoms with Gasteiger partial charge < -0.3 is 14.6 Å². The molecule has 0 unspecified atom stereocenters. The summed E-state index contributed by atoms with van der Waals surface area (Å²) in [7, 11) is 1.59. The number of nitrogens with zero attached hydrogens (tertiary/aromatic N) is 6. The van der Waals surface area contributed by atoms with Crippen LogP contribution in [-0.4, -0.2) is 48.8 Å². The Morgan fingerprint density at radius 3 is 2.84 bits per heavy atom. The lowest BCUT2D eigenvalue weighted by Gasteiger charge is -2.11. The number of aromatic nitrogens is 7. The number of halogens is 1. The third-order valence-electron chi connectivity index (χ3n) is 5.14. The lowest BCUT2D eigenvalue weighted by atomic mass is 10.2. The van der Waals surface area contributed by atoms with Crippen LogP contribution in [0.1, 0.15) is 5.69 Å². The molecule has 0 aliphatic heterocycles. The quantitative estimate of drug-likeness (QED) is 0.387. The van der Waals surface area contributed by atoms with Crippen molar-refractivity contribution in [3.8, 4) is 27.0 Å². The topological polar surface area (TPSA) is 106 Å². The Hall–Kier alpha value is -3.86. The second kappa shape index (κ2) is 8.35. The van der Waals surface area contributed by atoms with Crippen LogP contribution in [0.15, 0.2) is 42.7 Å². The van der Waals surface area contributed by atoms with Gasteiger partial charge >= 0.3 is 0 Å². The number of benzene rings is 1. The van der Waals surface area contributed by atoms with Gasteiger partial charge in [-0.3, -0.25) is 0 Å². The molecule has 0 saturated heterocycles. The zero-order chi connectivity index (χ0) is 22.1. The minimum Gasteiger partial charge on any atom is -0.496 e.